The van der Waals surface area contributed by atoms with Crippen molar-refractivity contribution in [1.29, 1.82) is 0 Å². The van der Waals surface area contributed by atoms with Crippen molar-refractivity contribution in [1.82, 2.24) is 10.2 Å². The zero-order valence-corrected chi connectivity index (χ0v) is 10.9. The van der Waals surface area contributed by atoms with Crippen LogP contribution >= 0.6 is 0 Å². The van der Waals surface area contributed by atoms with Crippen molar-refractivity contribution in [3.05, 3.63) is 0 Å². The monoisotopic (exact) mass is 224 g/mol. The smallest absolute Gasteiger partial charge is 0.226 e. The first-order valence-corrected chi connectivity index (χ1v) is 6.46. The fraction of sp³-hybridized carbons (Fsp3) is 0.923. The SMILES string of the molecule is CC(C)C1CNC(C)(C)CN1C(=O)C1CC1. The van der Waals surface area contributed by atoms with Gasteiger partial charge in [-0.15, -0.1) is 0 Å². The average molecular weight is 224 g/mol. The van der Waals surface area contributed by atoms with E-state index in [1.165, 1.54) is 0 Å². The standard InChI is InChI=1S/C13H24N2O/c1-9(2)11-7-14-13(3,4)8-15(11)12(16)10-5-6-10/h9-11,14H,5-8H2,1-4H3. The van der Waals surface area contributed by atoms with Gasteiger partial charge in [-0.1, -0.05) is 13.8 Å². The first-order chi connectivity index (χ1) is 7.41. The highest BCUT2D eigenvalue weighted by Crippen LogP contribution is 2.33. The molecule has 1 aliphatic heterocycles. The summed E-state index contributed by atoms with van der Waals surface area (Å²) >= 11 is 0. The molecule has 1 N–H and O–H groups in total. The van der Waals surface area contributed by atoms with Gasteiger partial charge < -0.3 is 10.2 Å². The van der Waals surface area contributed by atoms with Crippen LogP contribution in [-0.2, 0) is 4.79 Å². The molecule has 1 amide bonds. The van der Waals surface area contributed by atoms with Crippen molar-refractivity contribution in [3.8, 4) is 0 Å². The molecule has 0 aromatic heterocycles. The maximum absolute atomic E-state index is 12.3. The fourth-order valence-corrected chi connectivity index (χ4v) is 2.49. The Morgan fingerprint density at radius 2 is 2.00 bits per heavy atom. The van der Waals surface area contributed by atoms with Crippen LogP contribution in [0.1, 0.15) is 40.5 Å². The van der Waals surface area contributed by atoms with Gasteiger partial charge in [0.2, 0.25) is 5.91 Å². The largest absolute Gasteiger partial charge is 0.336 e. The van der Waals surface area contributed by atoms with E-state index in [4.69, 9.17) is 0 Å². The van der Waals surface area contributed by atoms with Crippen molar-refractivity contribution >= 4 is 5.91 Å². The zero-order valence-electron chi connectivity index (χ0n) is 10.9. The number of amides is 1. The number of hydrogen-bond donors (Lipinski definition) is 1. The molecule has 1 atom stereocenters. The summed E-state index contributed by atoms with van der Waals surface area (Å²) in [7, 11) is 0. The Bertz CT molecular complexity index is 282. The van der Waals surface area contributed by atoms with Crippen LogP contribution in [0.4, 0.5) is 0 Å². The Hall–Kier alpha value is -0.570. The van der Waals surface area contributed by atoms with Crippen LogP contribution in [0.15, 0.2) is 0 Å². The maximum atomic E-state index is 12.3. The molecule has 92 valence electrons. The van der Waals surface area contributed by atoms with Crippen LogP contribution < -0.4 is 5.32 Å². The van der Waals surface area contributed by atoms with E-state index in [1.807, 2.05) is 0 Å². The molecule has 0 aromatic carbocycles. The van der Waals surface area contributed by atoms with E-state index in [0.29, 0.717) is 23.8 Å². The van der Waals surface area contributed by atoms with Crippen LogP contribution in [0.5, 0.6) is 0 Å². The van der Waals surface area contributed by atoms with Gasteiger partial charge in [-0.2, -0.15) is 0 Å². The molecular formula is C13H24N2O. The number of carbonyl (C=O) groups is 1. The molecule has 3 heteroatoms. The molecule has 1 unspecified atom stereocenters. The fourth-order valence-electron chi connectivity index (χ4n) is 2.49. The number of hydrogen-bond acceptors (Lipinski definition) is 2. The maximum Gasteiger partial charge on any atom is 0.226 e. The van der Waals surface area contributed by atoms with Gasteiger partial charge in [-0.05, 0) is 32.6 Å². The molecule has 16 heavy (non-hydrogen) atoms. The third-order valence-corrected chi connectivity index (χ3v) is 3.73. The van der Waals surface area contributed by atoms with Gasteiger partial charge in [-0.3, -0.25) is 4.79 Å². The van der Waals surface area contributed by atoms with Gasteiger partial charge >= 0.3 is 0 Å². The second-order valence-electron chi connectivity index (χ2n) is 6.32. The summed E-state index contributed by atoms with van der Waals surface area (Å²) in [6.07, 6.45) is 2.21. The Labute approximate surface area is 98.6 Å². The second-order valence-corrected chi connectivity index (χ2v) is 6.32. The molecule has 0 spiro atoms. The van der Waals surface area contributed by atoms with E-state index < -0.39 is 0 Å². The van der Waals surface area contributed by atoms with Gasteiger partial charge in [0, 0.05) is 30.6 Å². The summed E-state index contributed by atoms with van der Waals surface area (Å²) in [4.78, 5) is 14.4. The quantitative estimate of drug-likeness (QED) is 0.773. The lowest BCUT2D eigenvalue weighted by Crippen LogP contribution is -2.64. The first kappa shape index (κ1) is 11.9. The number of rotatable bonds is 2. The zero-order chi connectivity index (χ0) is 11.9. The van der Waals surface area contributed by atoms with Crippen molar-refractivity contribution in [3.63, 3.8) is 0 Å². The number of nitrogens with one attached hydrogen (secondary N) is 1. The van der Waals surface area contributed by atoms with E-state index >= 15 is 0 Å². The molecule has 2 aliphatic rings. The molecule has 2 fully saturated rings. The minimum Gasteiger partial charge on any atom is -0.336 e. The molecule has 0 radical (unpaired) electrons. The lowest BCUT2D eigenvalue weighted by atomic mass is 9.92. The minimum absolute atomic E-state index is 0.0654. The minimum atomic E-state index is 0.0654. The highest BCUT2D eigenvalue weighted by atomic mass is 16.2. The molecule has 1 heterocycles. The van der Waals surface area contributed by atoms with Gasteiger partial charge in [0.15, 0.2) is 0 Å². The normalized spacial score (nSPS) is 29.6. The van der Waals surface area contributed by atoms with Crippen molar-refractivity contribution in [2.45, 2.75) is 52.1 Å². The molecule has 1 aliphatic carbocycles. The summed E-state index contributed by atoms with van der Waals surface area (Å²) in [6, 6.07) is 0.376. The average Bonchev–Trinajstić information content (AvgIpc) is 2.97. The predicted molar refractivity (Wildman–Crippen MR) is 65.1 cm³/mol. The van der Waals surface area contributed by atoms with E-state index in [1.54, 1.807) is 0 Å². The summed E-state index contributed by atoms with van der Waals surface area (Å²) in [5.74, 6) is 1.27. The van der Waals surface area contributed by atoms with Gasteiger partial charge in [0.1, 0.15) is 0 Å². The molecule has 2 rings (SSSR count). The highest BCUT2D eigenvalue weighted by molar-refractivity contribution is 5.81. The number of nitrogens with zero attached hydrogens (tertiary/aromatic N) is 1. The van der Waals surface area contributed by atoms with Gasteiger partial charge in [-0.25, -0.2) is 0 Å². The van der Waals surface area contributed by atoms with Crippen LogP contribution in [0.3, 0.4) is 0 Å². The Kier molecular flexibility index (Phi) is 2.99. The van der Waals surface area contributed by atoms with Crippen LogP contribution in [0, 0.1) is 11.8 Å². The van der Waals surface area contributed by atoms with E-state index in [0.717, 1.165) is 25.9 Å². The Morgan fingerprint density at radius 3 is 2.50 bits per heavy atom. The van der Waals surface area contributed by atoms with E-state index in [2.05, 4.69) is 37.9 Å². The highest BCUT2D eigenvalue weighted by Gasteiger charge is 2.41. The van der Waals surface area contributed by atoms with Crippen molar-refractivity contribution < 1.29 is 4.79 Å². The van der Waals surface area contributed by atoms with Gasteiger partial charge in [0.05, 0.1) is 0 Å². The van der Waals surface area contributed by atoms with E-state index in [9.17, 15) is 4.79 Å². The molecule has 1 saturated heterocycles. The summed E-state index contributed by atoms with van der Waals surface area (Å²) < 4.78 is 0. The van der Waals surface area contributed by atoms with Gasteiger partial charge in [0.25, 0.3) is 0 Å². The van der Waals surface area contributed by atoms with Crippen molar-refractivity contribution in [2.75, 3.05) is 13.1 Å². The Morgan fingerprint density at radius 1 is 1.38 bits per heavy atom. The third kappa shape index (κ3) is 2.40. The van der Waals surface area contributed by atoms with Crippen LogP contribution in [0.25, 0.3) is 0 Å². The molecular weight excluding hydrogens is 200 g/mol. The second kappa shape index (κ2) is 4.02. The molecule has 0 bridgehead atoms. The van der Waals surface area contributed by atoms with Crippen LogP contribution in [-0.4, -0.2) is 35.5 Å². The lowest BCUT2D eigenvalue weighted by Gasteiger charge is -2.46. The third-order valence-electron chi connectivity index (χ3n) is 3.73. The molecule has 0 aromatic rings. The van der Waals surface area contributed by atoms with E-state index in [-0.39, 0.29) is 5.54 Å². The number of piperazine rings is 1. The predicted octanol–water partition coefficient (Wildman–Crippen LogP) is 1.63. The molecule has 1 saturated carbocycles. The van der Waals surface area contributed by atoms with Crippen molar-refractivity contribution in [2.24, 2.45) is 11.8 Å². The molecule has 3 nitrogen and oxygen atoms in total. The summed E-state index contributed by atoms with van der Waals surface area (Å²) in [5.41, 5.74) is 0.0654. The summed E-state index contributed by atoms with van der Waals surface area (Å²) in [6.45, 7) is 10.6. The topological polar surface area (TPSA) is 32.3 Å². The summed E-state index contributed by atoms with van der Waals surface area (Å²) in [5, 5.41) is 3.54. The number of carbonyl (C=O) groups excluding carboxylic acids is 1. The lowest BCUT2D eigenvalue weighted by molar-refractivity contribution is -0.138. The Balaban J connectivity index is 2.10. The van der Waals surface area contributed by atoms with Crippen LogP contribution in [0.2, 0.25) is 0 Å². The first-order valence-electron chi connectivity index (χ1n) is 6.46.